The molecule has 0 saturated carbocycles. The first-order chi connectivity index (χ1) is 12.6. The summed E-state index contributed by atoms with van der Waals surface area (Å²) in [7, 11) is 0. The number of halogens is 2. The van der Waals surface area contributed by atoms with Gasteiger partial charge in [-0.1, -0.05) is 30.3 Å². The third-order valence-corrected chi connectivity index (χ3v) is 4.68. The summed E-state index contributed by atoms with van der Waals surface area (Å²) >= 11 is 0. The predicted octanol–water partition coefficient (Wildman–Crippen LogP) is 6.05. The lowest BCUT2D eigenvalue weighted by Gasteiger charge is -2.12. The Kier molecular flexibility index (Phi) is 5.47. The van der Waals surface area contributed by atoms with Gasteiger partial charge in [0.1, 0.15) is 17.1 Å². The number of rotatable bonds is 4. The lowest BCUT2D eigenvalue weighted by Crippen LogP contribution is -2.03. The van der Waals surface area contributed by atoms with Crippen LogP contribution in [0.15, 0.2) is 66.9 Å². The third kappa shape index (κ3) is 3.67. The molecule has 5 heteroatoms. The number of aryl methyl sites for hydroxylation is 1. The molecule has 2 aromatic heterocycles. The van der Waals surface area contributed by atoms with Crippen LogP contribution >= 0.6 is 12.4 Å². The summed E-state index contributed by atoms with van der Waals surface area (Å²) in [5.41, 5.74) is 5.39. The normalized spacial score (nSPS) is 10.6. The Morgan fingerprint density at radius 2 is 1.67 bits per heavy atom. The molecular formula is C22H20ClFN2O. The van der Waals surface area contributed by atoms with Crippen LogP contribution in [0.1, 0.15) is 16.8 Å². The fourth-order valence-electron chi connectivity index (χ4n) is 3.19. The highest BCUT2D eigenvalue weighted by molar-refractivity contribution is 5.87. The average molecular weight is 383 g/mol. The summed E-state index contributed by atoms with van der Waals surface area (Å²) in [5, 5.41) is 0. The van der Waals surface area contributed by atoms with Gasteiger partial charge in [0.15, 0.2) is 5.75 Å². The highest BCUT2D eigenvalue weighted by Crippen LogP contribution is 2.34. The van der Waals surface area contributed by atoms with Crippen molar-refractivity contribution in [1.82, 2.24) is 9.55 Å². The van der Waals surface area contributed by atoms with Crippen LogP contribution in [0.3, 0.4) is 0 Å². The molecule has 0 bridgehead atoms. The zero-order valence-corrected chi connectivity index (χ0v) is 16.0. The van der Waals surface area contributed by atoms with Crippen molar-refractivity contribution in [3.8, 4) is 11.5 Å². The van der Waals surface area contributed by atoms with Crippen LogP contribution in [0.2, 0.25) is 0 Å². The van der Waals surface area contributed by atoms with E-state index in [4.69, 9.17) is 4.74 Å². The van der Waals surface area contributed by atoms with E-state index in [1.807, 2.05) is 24.3 Å². The van der Waals surface area contributed by atoms with Crippen molar-refractivity contribution < 1.29 is 9.13 Å². The second kappa shape index (κ2) is 7.80. The van der Waals surface area contributed by atoms with Gasteiger partial charge in [-0.05, 0) is 49.2 Å². The Bertz CT molecular complexity index is 1060. The van der Waals surface area contributed by atoms with Gasteiger partial charge in [-0.2, -0.15) is 0 Å². The van der Waals surface area contributed by atoms with Gasteiger partial charge in [-0.3, -0.25) is 4.98 Å². The molecule has 0 spiro atoms. The molecule has 0 N–H and O–H groups in total. The van der Waals surface area contributed by atoms with Crippen molar-refractivity contribution in [2.75, 3.05) is 0 Å². The van der Waals surface area contributed by atoms with E-state index in [1.54, 1.807) is 18.3 Å². The topological polar surface area (TPSA) is 27.1 Å². The molecule has 2 aromatic carbocycles. The molecule has 0 saturated heterocycles. The molecule has 2 heterocycles. The third-order valence-electron chi connectivity index (χ3n) is 4.68. The second-order valence-electron chi connectivity index (χ2n) is 6.34. The summed E-state index contributed by atoms with van der Waals surface area (Å²) in [6.07, 6.45) is 1.75. The number of pyridine rings is 1. The van der Waals surface area contributed by atoms with Crippen LogP contribution in [0.25, 0.3) is 11.0 Å². The molecule has 4 aromatic rings. The van der Waals surface area contributed by atoms with Crippen LogP contribution in [-0.2, 0) is 6.54 Å². The number of ether oxygens (including phenoxy) is 1. The monoisotopic (exact) mass is 382 g/mol. The van der Waals surface area contributed by atoms with Crippen LogP contribution in [0.4, 0.5) is 4.39 Å². The van der Waals surface area contributed by atoms with Gasteiger partial charge in [-0.25, -0.2) is 4.39 Å². The lowest BCUT2D eigenvalue weighted by molar-refractivity contribution is 0.482. The summed E-state index contributed by atoms with van der Waals surface area (Å²) < 4.78 is 21.5. The van der Waals surface area contributed by atoms with E-state index >= 15 is 0 Å². The maximum atomic E-state index is 13.2. The van der Waals surface area contributed by atoms with Crippen molar-refractivity contribution in [2.45, 2.75) is 20.4 Å². The molecule has 3 nitrogen and oxygen atoms in total. The summed E-state index contributed by atoms with van der Waals surface area (Å²) in [6, 6.07) is 18.2. The minimum Gasteiger partial charge on any atom is -0.455 e. The SMILES string of the molecule is Cc1c(C)n(Cc2ccccc2)c2c(Oc3ccc(F)cc3)ccnc12.Cl. The molecule has 0 radical (unpaired) electrons. The minimum absolute atomic E-state index is 0. The standard InChI is InChI=1S/C22H19FN2O.ClH/c1-15-16(2)25(14-17-6-4-3-5-7-17)22-20(12-13-24-21(15)22)26-19-10-8-18(23)9-11-19;/h3-13H,14H2,1-2H3;1H. The summed E-state index contributed by atoms with van der Waals surface area (Å²) in [6.45, 7) is 4.91. The van der Waals surface area contributed by atoms with Gasteiger partial charge >= 0.3 is 0 Å². The van der Waals surface area contributed by atoms with Gasteiger partial charge in [0.2, 0.25) is 0 Å². The highest BCUT2D eigenvalue weighted by atomic mass is 35.5. The fourth-order valence-corrected chi connectivity index (χ4v) is 3.19. The van der Waals surface area contributed by atoms with Gasteiger partial charge in [0.05, 0.1) is 5.52 Å². The lowest BCUT2D eigenvalue weighted by atomic mass is 10.2. The van der Waals surface area contributed by atoms with Crippen molar-refractivity contribution in [3.05, 3.63) is 89.5 Å². The smallest absolute Gasteiger partial charge is 0.154 e. The van der Waals surface area contributed by atoms with Gasteiger partial charge in [-0.15, -0.1) is 12.4 Å². The molecule has 0 aliphatic heterocycles. The molecule has 4 rings (SSSR count). The molecule has 0 aliphatic rings. The van der Waals surface area contributed by atoms with Crippen molar-refractivity contribution in [1.29, 1.82) is 0 Å². The van der Waals surface area contributed by atoms with Crippen LogP contribution in [0, 0.1) is 19.7 Å². The quantitative estimate of drug-likeness (QED) is 0.429. The van der Waals surface area contributed by atoms with E-state index in [1.165, 1.54) is 17.7 Å². The highest BCUT2D eigenvalue weighted by Gasteiger charge is 2.17. The first-order valence-electron chi connectivity index (χ1n) is 8.55. The maximum Gasteiger partial charge on any atom is 0.154 e. The van der Waals surface area contributed by atoms with E-state index in [9.17, 15) is 4.39 Å². The fraction of sp³-hybridized carbons (Fsp3) is 0.136. The Morgan fingerprint density at radius 3 is 2.37 bits per heavy atom. The van der Waals surface area contributed by atoms with Gasteiger partial charge in [0, 0.05) is 24.5 Å². The number of hydrogen-bond acceptors (Lipinski definition) is 2. The molecule has 0 amide bonds. The van der Waals surface area contributed by atoms with Crippen molar-refractivity contribution in [2.24, 2.45) is 0 Å². The molecule has 27 heavy (non-hydrogen) atoms. The molecular weight excluding hydrogens is 363 g/mol. The van der Waals surface area contributed by atoms with Gasteiger partial charge < -0.3 is 9.30 Å². The van der Waals surface area contributed by atoms with E-state index in [0.717, 1.165) is 28.8 Å². The van der Waals surface area contributed by atoms with E-state index in [-0.39, 0.29) is 18.2 Å². The van der Waals surface area contributed by atoms with E-state index in [0.29, 0.717) is 11.5 Å². The number of benzene rings is 2. The number of nitrogens with zero attached hydrogens (tertiary/aromatic N) is 2. The molecule has 0 fully saturated rings. The van der Waals surface area contributed by atoms with Crippen LogP contribution < -0.4 is 4.74 Å². The number of fused-ring (bicyclic) bond motifs is 1. The summed E-state index contributed by atoms with van der Waals surface area (Å²) in [5.74, 6) is 1.03. The summed E-state index contributed by atoms with van der Waals surface area (Å²) in [4.78, 5) is 4.56. The van der Waals surface area contributed by atoms with Gasteiger partial charge in [0.25, 0.3) is 0 Å². The number of hydrogen-bond donors (Lipinski definition) is 0. The zero-order valence-electron chi connectivity index (χ0n) is 15.1. The molecule has 138 valence electrons. The molecule has 0 atom stereocenters. The minimum atomic E-state index is -0.281. The Balaban J connectivity index is 0.00000210. The van der Waals surface area contributed by atoms with E-state index in [2.05, 4.69) is 35.5 Å². The number of aromatic nitrogens is 2. The molecule has 0 unspecified atom stereocenters. The Labute approximate surface area is 163 Å². The van der Waals surface area contributed by atoms with Crippen LogP contribution in [0.5, 0.6) is 11.5 Å². The second-order valence-corrected chi connectivity index (χ2v) is 6.34. The first kappa shape index (κ1) is 18.9. The maximum absolute atomic E-state index is 13.2. The Morgan fingerprint density at radius 1 is 0.963 bits per heavy atom. The largest absolute Gasteiger partial charge is 0.455 e. The zero-order chi connectivity index (χ0) is 18.1. The van der Waals surface area contributed by atoms with Crippen molar-refractivity contribution in [3.63, 3.8) is 0 Å². The van der Waals surface area contributed by atoms with Crippen molar-refractivity contribution >= 4 is 23.4 Å². The van der Waals surface area contributed by atoms with Crippen LogP contribution in [-0.4, -0.2) is 9.55 Å². The average Bonchev–Trinajstić information content (AvgIpc) is 2.90. The first-order valence-corrected chi connectivity index (χ1v) is 8.55. The molecule has 0 aliphatic carbocycles. The Hall–Kier alpha value is -2.85. The predicted molar refractivity (Wildman–Crippen MR) is 108 cm³/mol. The van der Waals surface area contributed by atoms with E-state index < -0.39 is 0 Å².